The topological polar surface area (TPSA) is 57.4 Å². The van der Waals surface area contributed by atoms with Crippen molar-refractivity contribution in [1.29, 1.82) is 0 Å². The molecule has 5 heteroatoms. The molecule has 174 valence electrons. The Labute approximate surface area is 197 Å². The van der Waals surface area contributed by atoms with Crippen molar-refractivity contribution in [1.82, 2.24) is 15.2 Å². The third-order valence-electron chi connectivity index (χ3n) is 5.63. The highest BCUT2D eigenvalue weighted by Gasteiger charge is 2.11. The van der Waals surface area contributed by atoms with Crippen LogP contribution in [0.5, 0.6) is 0 Å². The highest BCUT2D eigenvalue weighted by atomic mass is 16.5. The van der Waals surface area contributed by atoms with Gasteiger partial charge in [0.1, 0.15) is 0 Å². The van der Waals surface area contributed by atoms with E-state index in [0.717, 1.165) is 80.2 Å². The van der Waals surface area contributed by atoms with Crippen molar-refractivity contribution in [3.63, 3.8) is 0 Å². The van der Waals surface area contributed by atoms with Gasteiger partial charge in [-0.3, -0.25) is 9.69 Å². The molecule has 2 N–H and O–H groups in total. The molecule has 1 aromatic carbocycles. The molecule has 1 saturated heterocycles. The van der Waals surface area contributed by atoms with Crippen molar-refractivity contribution in [3.05, 3.63) is 94.9 Å². The monoisotopic (exact) mass is 445 g/mol. The van der Waals surface area contributed by atoms with Gasteiger partial charge in [-0.2, -0.15) is 0 Å². The van der Waals surface area contributed by atoms with Crippen LogP contribution >= 0.6 is 0 Å². The summed E-state index contributed by atoms with van der Waals surface area (Å²) in [5, 5.41) is 3.13. The Kier molecular flexibility index (Phi) is 9.63. The van der Waals surface area contributed by atoms with Crippen molar-refractivity contribution in [2.75, 3.05) is 39.9 Å². The first-order valence-corrected chi connectivity index (χ1v) is 11.6. The average molecular weight is 446 g/mol. The van der Waals surface area contributed by atoms with Crippen LogP contribution in [0.25, 0.3) is 11.6 Å². The molecule has 0 aliphatic carbocycles. The number of aromatic amines is 1. The molecule has 2 heterocycles. The first-order chi connectivity index (χ1) is 16.1. The van der Waals surface area contributed by atoms with E-state index in [0.29, 0.717) is 5.56 Å². The third-order valence-corrected chi connectivity index (χ3v) is 5.63. The van der Waals surface area contributed by atoms with Gasteiger partial charge in [0.05, 0.1) is 13.2 Å². The van der Waals surface area contributed by atoms with Crippen LogP contribution in [0.1, 0.15) is 39.8 Å². The molecule has 1 aliphatic rings. The van der Waals surface area contributed by atoms with Crippen molar-refractivity contribution in [2.45, 2.75) is 19.9 Å². The number of carbonyl (C=O) groups excluding carboxylic acids is 1. The van der Waals surface area contributed by atoms with Crippen LogP contribution in [0.3, 0.4) is 0 Å². The number of rotatable bonds is 11. The summed E-state index contributed by atoms with van der Waals surface area (Å²) in [5.41, 5.74) is 6.91. The average Bonchev–Trinajstić information content (AvgIpc) is 3.25. The van der Waals surface area contributed by atoms with Gasteiger partial charge in [-0.1, -0.05) is 55.1 Å². The molecule has 0 unspecified atom stereocenters. The Balaban J connectivity index is 1.72. The number of allylic oxidation sites excluding steroid dienone is 6. The first-order valence-electron chi connectivity index (χ1n) is 11.6. The predicted molar refractivity (Wildman–Crippen MR) is 137 cm³/mol. The zero-order chi connectivity index (χ0) is 23.5. The number of ether oxygens (including phenoxy) is 1. The highest BCUT2D eigenvalue weighted by molar-refractivity contribution is 5.83. The Morgan fingerprint density at radius 1 is 1.24 bits per heavy atom. The zero-order valence-electron chi connectivity index (χ0n) is 19.8. The molecule has 0 spiro atoms. The van der Waals surface area contributed by atoms with E-state index in [1.165, 1.54) is 5.56 Å². The van der Waals surface area contributed by atoms with Crippen LogP contribution in [0.15, 0.2) is 66.8 Å². The van der Waals surface area contributed by atoms with Gasteiger partial charge >= 0.3 is 0 Å². The minimum absolute atomic E-state index is 0.703. The molecule has 3 rings (SSSR count). The van der Waals surface area contributed by atoms with E-state index in [1.807, 2.05) is 44.3 Å². The molecule has 2 aromatic rings. The minimum atomic E-state index is 0.703. The summed E-state index contributed by atoms with van der Waals surface area (Å²) in [6.07, 6.45) is 11.9. The summed E-state index contributed by atoms with van der Waals surface area (Å²) in [4.78, 5) is 17.3. The number of benzene rings is 1. The van der Waals surface area contributed by atoms with Gasteiger partial charge < -0.3 is 15.0 Å². The molecule has 1 aromatic heterocycles. The van der Waals surface area contributed by atoms with E-state index in [4.69, 9.17) is 4.74 Å². The number of carbonyl (C=O) groups is 1. The number of morpholine rings is 1. The van der Waals surface area contributed by atoms with E-state index >= 15 is 0 Å². The smallest absolute Gasteiger partial charge is 0.151 e. The fourth-order valence-electron chi connectivity index (χ4n) is 3.89. The summed E-state index contributed by atoms with van der Waals surface area (Å²) in [5.74, 6) is 0. The fraction of sp³-hybridized carbons (Fsp3) is 0.321. The van der Waals surface area contributed by atoms with E-state index < -0.39 is 0 Å². The molecular formula is C28H35N3O2. The molecule has 5 nitrogen and oxygen atoms in total. The maximum Gasteiger partial charge on any atom is 0.151 e. The van der Waals surface area contributed by atoms with E-state index in [-0.39, 0.29) is 0 Å². The second kappa shape index (κ2) is 12.9. The second-order valence-electron chi connectivity index (χ2n) is 8.23. The lowest BCUT2D eigenvalue weighted by atomic mass is 10.1. The molecule has 0 bridgehead atoms. The number of hydrogen-bond acceptors (Lipinski definition) is 4. The molecule has 33 heavy (non-hydrogen) atoms. The van der Waals surface area contributed by atoms with Gasteiger partial charge in [0.2, 0.25) is 0 Å². The minimum Gasteiger partial charge on any atom is -0.379 e. The Morgan fingerprint density at radius 3 is 2.79 bits per heavy atom. The first kappa shape index (κ1) is 24.6. The van der Waals surface area contributed by atoms with Crippen LogP contribution in [0.2, 0.25) is 0 Å². The normalized spacial score (nSPS) is 15.5. The molecule has 0 radical (unpaired) electrons. The summed E-state index contributed by atoms with van der Waals surface area (Å²) >= 11 is 0. The van der Waals surface area contributed by atoms with Gasteiger partial charge in [-0.15, -0.1) is 0 Å². The highest BCUT2D eigenvalue weighted by Crippen LogP contribution is 2.21. The van der Waals surface area contributed by atoms with E-state index in [9.17, 15) is 4.79 Å². The third kappa shape index (κ3) is 7.53. The molecule has 0 amide bonds. The lowest BCUT2D eigenvalue weighted by Gasteiger charge is -2.26. The lowest BCUT2D eigenvalue weighted by Crippen LogP contribution is -2.35. The van der Waals surface area contributed by atoms with Gasteiger partial charge in [0.25, 0.3) is 0 Å². The Morgan fingerprint density at radius 2 is 2.06 bits per heavy atom. The van der Waals surface area contributed by atoms with E-state index in [1.54, 1.807) is 0 Å². The number of nitrogens with one attached hydrogen (secondary N) is 2. The predicted octanol–water partition coefficient (Wildman–Crippen LogP) is 4.65. The maximum absolute atomic E-state index is 11.5. The number of aldehydes is 1. The maximum atomic E-state index is 11.5. The summed E-state index contributed by atoms with van der Waals surface area (Å²) in [6.45, 7) is 11.5. The lowest BCUT2D eigenvalue weighted by molar-refractivity contribution is 0.0342. The molecule has 1 aliphatic heterocycles. The van der Waals surface area contributed by atoms with Gasteiger partial charge in [0.15, 0.2) is 6.29 Å². The van der Waals surface area contributed by atoms with Crippen molar-refractivity contribution < 1.29 is 9.53 Å². The van der Waals surface area contributed by atoms with Gasteiger partial charge in [-0.05, 0) is 48.4 Å². The van der Waals surface area contributed by atoms with Gasteiger partial charge in [-0.25, -0.2) is 0 Å². The Bertz CT molecular complexity index is 1020. The number of likely N-dealkylation sites (N-methyl/N-ethyl adjacent to an activating group) is 1. The number of hydrogen-bond donors (Lipinski definition) is 2. The van der Waals surface area contributed by atoms with Crippen LogP contribution in [0, 0.1) is 0 Å². The standard InChI is InChI=1S/C28H35N3O2/c1-4-6-25(28-19-26(21-32)27(30-28)11-12-29-3)17-22(2)9-10-23-7-5-8-24(18-23)20-31-13-15-33-16-14-31/h4-10,17-19,21,29-30H,2,11-16,20H2,1,3H3/b6-4-,10-9+,25-17+. The zero-order valence-corrected chi connectivity index (χ0v) is 19.8. The largest absolute Gasteiger partial charge is 0.379 e. The van der Waals surface area contributed by atoms with Gasteiger partial charge in [0, 0.05) is 49.6 Å². The second-order valence-corrected chi connectivity index (χ2v) is 8.23. The van der Waals surface area contributed by atoms with Crippen LogP contribution in [0.4, 0.5) is 0 Å². The van der Waals surface area contributed by atoms with E-state index in [2.05, 4.69) is 52.1 Å². The quantitative estimate of drug-likeness (QED) is 0.390. The number of nitrogens with zero attached hydrogens (tertiary/aromatic N) is 1. The molecule has 0 saturated carbocycles. The van der Waals surface area contributed by atoms with Crippen LogP contribution in [-0.4, -0.2) is 56.1 Å². The Hall–Kier alpha value is -2.99. The number of aromatic nitrogens is 1. The van der Waals surface area contributed by atoms with Crippen molar-refractivity contribution in [2.24, 2.45) is 0 Å². The fourth-order valence-corrected chi connectivity index (χ4v) is 3.89. The summed E-state index contributed by atoms with van der Waals surface area (Å²) in [6, 6.07) is 10.5. The summed E-state index contributed by atoms with van der Waals surface area (Å²) in [7, 11) is 1.91. The molecule has 1 fully saturated rings. The van der Waals surface area contributed by atoms with Crippen LogP contribution < -0.4 is 5.32 Å². The summed E-state index contributed by atoms with van der Waals surface area (Å²) < 4.78 is 5.44. The molecular weight excluding hydrogens is 410 g/mol. The van der Waals surface area contributed by atoms with Crippen molar-refractivity contribution >= 4 is 17.9 Å². The van der Waals surface area contributed by atoms with Crippen molar-refractivity contribution in [3.8, 4) is 0 Å². The SMILES string of the molecule is C=C(/C=C/c1cccc(CN2CCOCC2)c1)/C=C(\C=C/C)c1cc(C=O)c(CCNC)[nH]1. The molecule has 0 atom stereocenters. The van der Waals surface area contributed by atoms with Crippen LogP contribution in [-0.2, 0) is 17.7 Å². The number of H-pyrrole nitrogens is 1.